The first-order valence-corrected chi connectivity index (χ1v) is 6.73. The largest absolute Gasteiger partial charge is 0.483 e. The lowest BCUT2D eigenvalue weighted by Gasteiger charge is -2.15. The van der Waals surface area contributed by atoms with Crippen molar-refractivity contribution in [3.05, 3.63) is 28.5 Å². The molecule has 0 unspecified atom stereocenters. The smallest absolute Gasteiger partial charge is 0.258 e. The summed E-state index contributed by atoms with van der Waals surface area (Å²) in [6, 6.07) is 4.26. The van der Waals surface area contributed by atoms with Crippen molar-refractivity contribution in [2.75, 3.05) is 6.61 Å². The quantitative estimate of drug-likeness (QED) is 0.874. The zero-order valence-corrected chi connectivity index (χ0v) is 12.1. The molecular weight excluding hydrogens is 301 g/mol. The number of carbonyl (C=O) groups is 1. The van der Waals surface area contributed by atoms with Crippen LogP contribution in [-0.4, -0.2) is 18.6 Å². The highest BCUT2D eigenvalue weighted by molar-refractivity contribution is 9.10. The van der Waals surface area contributed by atoms with E-state index in [9.17, 15) is 9.18 Å². The number of carbonyl (C=O) groups excluding carboxylic acids is 1. The second-order valence-electron chi connectivity index (χ2n) is 3.94. The van der Waals surface area contributed by atoms with Crippen LogP contribution in [0.5, 0.6) is 5.75 Å². The molecule has 0 heterocycles. The SMILES string of the molecule is CCC(CC)NC(=O)COc1ccc(F)cc1Br. The van der Waals surface area contributed by atoms with Gasteiger partial charge in [-0.3, -0.25) is 4.79 Å². The first-order chi connectivity index (χ1) is 8.56. The third kappa shape index (κ3) is 4.64. The van der Waals surface area contributed by atoms with Crippen LogP contribution in [0.4, 0.5) is 4.39 Å². The van der Waals surface area contributed by atoms with Gasteiger partial charge in [-0.25, -0.2) is 4.39 Å². The van der Waals surface area contributed by atoms with Crippen molar-refractivity contribution in [1.29, 1.82) is 0 Å². The number of benzene rings is 1. The Morgan fingerprint density at radius 3 is 2.67 bits per heavy atom. The predicted octanol–water partition coefficient (Wildman–Crippen LogP) is 3.27. The van der Waals surface area contributed by atoms with Gasteiger partial charge < -0.3 is 10.1 Å². The molecule has 1 aromatic carbocycles. The van der Waals surface area contributed by atoms with Crippen molar-refractivity contribution in [1.82, 2.24) is 5.32 Å². The zero-order valence-electron chi connectivity index (χ0n) is 10.5. The first-order valence-electron chi connectivity index (χ1n) is 5.94. The molecule has 0 saturated carbocycles. The highest BCUT2D eigenvalue weighted by Gasteiger charge is 2.10. The summed E-state index contributed by atoms with van der Waals surface area (Å²) in [6.45, 7) is 3.97. The molecule has 1 rings (SSSR count). The standard InChI is InChI=1S/C13H17BrFNO2/c1-3-10(4-2)16-13(17)8-18-12-6-5-9(15)7-11(12)14/h5-7,10H,3-4,8H2,1-2H3,(H,16,17). The maximum Gasteiger partial charge on any atom is 0.258 e. The zero-order chi connectivity index (χ0) is 13.5. The molecule has 5 heteroatoms. The van der Waals surface area contributed by atoms with Crippen molar-refractivity contribution < 1.29 is 13.9 Å². The van der Waals surface area contributed by atoms with Gasteiger partial charge in [-0.05, 0) is 47.0 Å². The van der Waals surface area contributed by atoms with Gasteiger partial charge in [0.05, 0.1) is 4.47 Å². The molecule has 0 radical (unpaired) electrons. The van der Waals surface area contributed by atoms with Crippen molar-refractivity contribution in [2.45, 2.75) is 32.7 Å². The summed E-state index contributed by atoms with van der Waals surface area (Å²) in [4.78, 5) is 11.6. The van der Waals surface area contributed by atoms with E-state index in [4.69, 9.17) is 4.74 Å². The van der Waals surface area contributed by atoms with Crippen LogP contribution in [0.25, 0.3) is 0 Å². The number of hydrogen-bond donors (Lipinski definition) is 1. The van der Waals surface area contributed by atoms with Gasteiger partial charge >= 0.3 is 0 Å². The minimum Gasteiger partial charge on any atom is -0.483 e. The Morgan fingerprint density at radius 1 is 1.44 bits per heavy atom. The molecule has 0 spiro atoms. The Balaban J connectivity index is 2.47. The fraction of sp³-hybridized carbons (Fsp3) is 0.462. The summed E-state index contributed by atoms with van der Waals surface area (Å²) in [6.07, 6.45) is 1.78. The molecule has 0 aliphatic rings. The Morgan fingerprint density at radius 2 is 2.11 bits per heavy atom. The van der Waals surface area contributed by atoms with Crippen LogP contribution in [0.1, 0.15) is 26.7 Å². The Hall–Kier alpha value is -1.10. The van der Waals surface area contributed by atoms with Gasteiger partial charge in [0.1, 0.15) is 11.6 Å². The molecule has 0 aliphatic heterocycles. The van der Waals surface area contributed by atoms with Gasteiger partial charge in [-0.1, -0.05) is 13.8 Å². The molecule has 0 bridgehead atoms. The topological polar surface area (TPSA) is 38.3 Å². The van der Waals surface area contributed by atoms with Crippen LogP contribution in [-0.2, 0) is 4.79 Å². The van der Waals surface area contributed by atoms with E-state index in [-0.39, 0.29) is 24.4 Å². The second kappa shape index (κ2) is 7.36. The van der Waals surface area contributed by atoms with Gasteiger partial charge in [0.15, 0.2) is 6.61 Å². The highest BCUT2D eigenvalue weighted by Crippen LogP contribution is 2.25. The highest BCUT2D eigenvalue weighted by atomic mass is 79.9. The van der Waals surface area contributed by atoms with E-state index in [0.29, 0.717) is 10.2 Å². The molecule has 0 atom stereocenters. The second-order valence-corrected chi connectivity index (χ2v) is 4.80. The molecule has 1 aromatic rings. The summed E-state index contributed by atoms with van der Waals surface area (Å²) in [5.74, 6) is -0.0632. The molecule has 0 saturated heterocycles. The summed E-state index contributed by atoms with van der Waals surface area (Å²) in [5.41, 5.74) is 0. The molecule has 1 amide bonds. The lowest BCUT2D eigenvalue weighted by Crippen LogP contribution is -2.37. The first kappa shape index (κ1) is 15.0. The van der Waals surface area contributed by atoms with Crippen molar-refractivity contribution in [3.63, 3.8) is 0 Å². The van der Waals surface area contributed by atoms with Crippen molar-refractivity contribution in [3.8, 4) is 5.75 Å². The molecular formula is C13H17BrFNO2. The number of rotatable bonds is 6. The van der Waals surface area contributed by atoms with E-state index >= 15 is 0 Å². The van der Waals surface area contributed by atoms with Crippen molar-refractivity contribution >= 4 is 21.8 Å². The normalized spacial score (nSPS) is 10.5. The van der Waals surface area contributed by atoms with Gasteiger partial charge in [-0.15, -0.1) is 0 Å². The lowest BCUT2D eigenvalue weighted by atomic mass is 10.2. The monoisotopic (exact) mass is 317 g/mol. The van der Waals surface area contributed by atoms with Crippen LogP contribution in [0, 0.1) is 5.82 Å². The lowest BCUT2D eigenvalue weighted by molar-refractivity contribution is -0.123. The van der Waals surface area contributed by atoms with Crippen LogP contribution < -0.4 is 10.1 Å². The number of amides is 1. The maximum absolute atomic E-state index is 12.8. The number of hydrogen-bond acceptors (Lipinski definition) is 2. The number of nitrogens with one attached hydrogen (secondary N) is 1. The Bertz CT molecular complexity index is 408. The minimum atomic E-state index is -0.351. The van der Waals surface area contributed by atoms with Gasteiger partial charge in [0, 0.05) is 6.04 Å². The van der Waals surface area contributed by atoms with Gasteiger partial charge in [0.25, 0.3) is 5.91 Å². The third-order valence-corrected chi connectivity index (χ3v) is 3.22. The van der Waals surface area contributed by atoms with Crippen LogP contribution in [0.15, 0.2) is 22.7 Å². The van der Waals surface area contributed by atoms with Crippen molar-refractivity contribution in [2.24, 2.45) is 0 Å². The van der Waals surface area contributed by atoms with E-state index in [0.717, 1.165) is 12.8 Å². The third-order valence-electron chi connectivity index (χ3n) is 2.60. The average molecular weight is 318 g/mol. The molecule has 0 fully saturated rings. The Kier molecular flexibility index (Phi) is 6.12. The van der Waals surface area contributed by atoms with Crippen LogP contribution in [0.3, 0.4) is 0 Å². The summed E-state index contributed by atoms with van der Waals surface area (Å²) < 4.78 is 18.7. The van der Waals surface area contributed by atoms with Crippen LogP contribution in [0.2, 0.25) is 0 Å². The van der Waals surface area contributed by atoms with Crippen LogP contribution >= 0.6 is 15.9 Å². The summed E-state index contributed by atoms with van der Waals surface area (Å²) in [5, 5.41) is 2.86. The fourth-order valence-corrected chi connectivity index (χ4v) is 1.96. The summed E-state index contributed by atoms with van der Waals surface area (Å²) >= 11 is 3.18. The Labute approximate surface area is 115 Å². The van der Waals surface area contributed by atoms with Gasteiger partial charge in [0.2, 0.25) is 0 Å². The molecule has 0 aliphatic carbocycles. The number of halogens is 2. The molecule has 1 N–H and O–H groups in total. The van der Waals surface area contributed by atoms with E-state index in [1.54, 1.807) is 0 Å². The average Bonchev–Trinajstić information content (AvgIpc) is 2.35. The summed E-state index contributed by atoms with van der Waals surface area (Å²) in [7, 11) is 0. The van der Waals surface area contributed by atoms with E-state index in [2.05, 4.69) is 21.2 Å². The molecule has 18 heavy (non-hydrogen) atoms. The van der Waals surface area contributed by atoms with E-state index < -0.39 is 0 Å². The molecule has 3 nitrogen and oxygen atoms in total. The molecule has 100 valence electrons. The number of ether oxygens (including phenoxy) is 1. The molecule has 0 aromatic heterocycles. The maximum atomic E-state index is 12.8. The van der Waals surface area contributed by atoms with E-state index in [1.807, 2.05) is 13.8 Å². The van der Waals surface area contributed by atoms with Gasteiger partial charge in [-0.2, -0.15) is 0 Å². The van der Waals surface area contributed by atoms with E-state index in [1.165, 1.54) is 18.2 Å². The fourth-order valence-electron chi connectivity index (χ4n) is 1.50. The minimum absolute atomic E-state index is 0.0687. The predicted molar refractivity (Wildman–Crippen MR) is 72.1 cm³/mol.